The molecule has 0 fully saturated rings. The van der Waals surface area contributed by atoms with Gasteiger partial charge in [0.05, 0.1) is 21.3 Å². The maximum Gasteiger partial charge on any atom is 0.276 e. The third-order valence-electron chi connectivity index (χ3n) is 5.76. The Morgan fingerprint density at radius 3 is 2.50 bits per heavy atom. The maximum absolute atomic E-state index is 13.5. The number of aryl methyl sites for hydroxylation is 1. The molecule has 3 aromatic carbocycles. The molecule has 0 radical (unpaired) electrons. The number of carbonyl (C=O) groups is 1. The normalized spacial score (nSPS) is 11.2. The molecule has 1 N–H and O–H groups in total. The number of thiazole rings is 1. The first-order chi connectivity index (χ1) is 16.7. The second-order valence-corrected chi connectivity index (χ2v) is 9.15. The molecule has 0 aliphatic heterocycles. The van der Waals surface area contributed by atoms with Crippen LogP contribution in [-0.4, -0.2) is 20.7 Å². The third kappa shape index (κ3) is 4.22. The molecule has 7 heteroatoms. The molecule has 0 aliphatic rings. The van der Waals surface area contributed by atoms with Gasteiger partial charge in [-0.3, -0.25) is 9.59 Å². The quantitative estimate of drug-likeness (QED) is 0.292. The average molecular weight is 469 g/mol. The number of benzene rings is 3. The number of hydrogen-bond acceptors (Lipinski definition) is 5. The molecule has 2 aromatic heterocycles. The van der Waals surface area contributed by atoms with Crippen molar-refractivity contribution in [1.29, 1.82) is 0 Å². The highest BCUT2D eigenvalue weighted by Crippen LogP contribution is 2.34. The SMILES string of the molecule is CCCCCn1nc(C(=O)Nc2ccccc2-c2nc3ccccc3s2)c2ccccc2c1=O. The van der Waals surface area contributed by atoms with Gasteiger partial charge in [-0.05, 0) is 36.8 Å². The monoisotopic (exact) mass is 468 g/mol. The van der Waals surface area contributed by atoms with Gasteiger partial charge in [0.15, 0.2) is 5.69 Å². The molecule has 5 aromatic rings. The lowest BCUT2D eigenvalue weighted by Gasteiger charge is -2.13. The summed E-state index contributed by atoms with van der Waals surface area (Å²) in [4.78, 5) is 31.2. The second-order valence-electron chi connectivity index (χ2n) is 8.12. The van der Waals surface area contributed by atoms with Gasteiger partial charge in [-0.25, -0.2) is 9.67 Å². The van der Waals surface area contributed by atoms with Crippen molar-refractivity contribution in [2.75, 3.05) is 5.32 Å². The van der Waals surface area contributed by atoms with E-state index in [0.717, 1.165) is 40.1 Å². The number of anilines is 1. The summed E-state index contributed by atoms with van der Waals surface area (Å²) in [5.41, 5.74) is 2.50. The lowest BCUT2D eigenvalue weighted by molar-refractivity contribution is 0.102. The van der Waals surface area contributed by atoms with Gasteiger partial charge in [0.2, 0.25) is 0 Å². The number of aromatic nitrogens is 3. The third-order valence-corrected chi connectivity index (χ3v) is 6.83. The predicted octanol–water partition coefficient (Wildman–Crippen LogP) is 6.12. The van der Waals surface area contributed by atoms with Crippen LogP contribution in [0.3, 0.4) is 0 Å². The summed E-state index contributed by atoms with van der Waals surface area (Å²) in [6.45, 7) is 2.60. The van der Waals surface area contributed by atoms with Crippen molar-refractivity contribution >= 4 is 43.9 Å². The van der Waals surface area contributed by atoms with Gasteiger partial charge in [-0.1, -0.05) is 62.2 Å². The number of rotatable bonds is 7. The summed E-state index contributed by atoms with van der Waals surface area (Å²) >= 11 is 1.58. The maximum atomic E-state index is 13.5. The van der Waals surface area contributed by atoms with E-state index in [-0.39, 0.29) is 17.2 Å². The molecule has 34 heavy (non-hydrogen) atoms. The summed E-state index contributed by atoms with van der Waals surface area (Å²) in [5, 5.41) is 9.39. The lowest BCUT2D eigenvalue weighted by Crippen LogP contribution is -2.27. The van der Waals surface area contributed by atoms with Gasteiger partial charge < -0.3 is 5.32 Å². The number of unbranched alkanes of at least 4 members (excludes halogenated alkanes) is 2. The zero-order valence-corrected chi connectivity index (χ0v) is 19.6. The highest BCUT2D eigenvalue weighted by molar-refractivity contribution is 7.21. The van der Waals surface area contributed by atoms with Crippen LogP contribution in [0.4, 0.5) is 5.69 Å². The van der Waals surface area contributed by atoms with E-state index in [1.165, 1.54) is 4.68 Å². The molecule has 0 spiro atoms. The Morgan fingerprint density at radius 2 is 1.68 bits per heavy atom. The van der Waals surface area contributed by atoms with Crippen molar-refractivity contribution in [3.63, 3.8) is 0 Å². The molecule has 0 bridgehead atoms. The van der Waals surface area contributed by atoms with Crippen LogP contribution in [0, 0.1) is 0 Å². The number of hydrogen-bond donors (Lipinski definition) is 1. The molecule has 170 valence electrons. The molecule has 1 amide bonds. The Hall–Kier alpha value is -3.84. The molecule has 0 aliphatic carbocycles. The van der Waals surface area contributed by atoms with Gasteiger partial charge in [0, 0.05) is 17.5 Å². The van der Waals surface area contributed by atoms with E-state index in [2.05, 4.69) is 17.3 Å². The van der Waals surface area contributed by atoms with E-state index < -0.39 is 0 Å². The molecule has 0 saturated carbocycles. The fraction of sp³-hybridized carbons (Fsp3) is 0.185. The largest absolute Gasteiger partial charge is 0.320 e. The van der Waals surface area contributed by atoms with Crippen LogP contribution < -0.4 is 10.9 Å². The van der Waals surface area contributed by atoms with Gasteiger partial charge in [0.1, 0.15) is 5.01 Å². The van der Waals surface area contributed by atoms with Crippen molar-refractivity contribution in [3.05, 3.63) is 88.8 Å². The summed E-state index contributed by atoms with van der Waals surface area (Å²) < 4.78 is 2.51. The Labute approximate surface area is 200 Å². The van der Waals surface area contributed by atoms with Gasteiger partial charge >= 0.3 is 0 Å². The zero-order chi connectivity index (χ0) is 23.5. The van der Waals surface area contributed by atoms with E-state index >= 15 is 0 Å². The molecule has 5 rings (SSSR count). The van der Waals surface area contributed by atoms with Crippen molar-refractivity contribution in [1.82, 2.24) is 14.8 Å². The van der Waals surface area contributed by atoms with Crippen molar-refractivity contribution in [2.45, 2.75) is 32.7 Å². The first-order valence-electron chi connectivity index (χ1n) is 11.4. The van der Waals surface area contributed by atoms with Crippen molar-refractivity contribution < 1.29 is 4.79 Å². The number of nitrogens with one attached hydrogen (secondary N) is 1. The standard InChI is InChI=1S/C27H24N4O2S/c1-2-3-10-17-31-27(33)19-12-5-4-11-18(19)24(30-31)25(32)28-21-14-7-6-13-20(21)26-29-22-15-8-9-16-23(22)34-26/h4-9,11-16H,2-3,10,17H2,1H3,(H,28,32). The number of carbonyl (C=O) groups excluding carboxylic acids is 1. The smallest absolute Gasteiger partial charge is 0.276 e. The van der Waals surface area contributed by atoms with Crippen LogP contribution in [0.5, 0.6) is 0 Å². The fourth-order valence-corrected chi connectivity index (χ4v) is 5.02. The molecule has 0 unspecified atom stereocenters. The first kappa shape index (κ1) is 22.0. The van der Waals surface area contributed by atoms with E-state index in [1.54, 1.807) is 23.5 Å². The van der Waals surface area contributed by atoms with Crippen LogP contribution in [-0.2, 0) is 6.54 Å². The van der Waals surface area contributed by atoms with E-state index in [4.69, 9.17) is 4.98 Å². The number of nitrogens with zero attached hydrogens (tertiary/aromatic N) is 3. The molecule has 6 nitrogen and oxygen atoms in total. The minimum atomic E-state index is -0.353. The number of fused-ring (bicyclic) bond motifs is 2. The minimum absolute atomic E-state index is 0.168. The first-order valence-corrected chi connectivity index (χ1v) is 12.2. The number of amides is 1. The van der Waals surface area contributed by atoms with Crippen LogP contribution in [0.25, 0.3) is 31.6 Å². The average Bonchev–Trinajstić information content (AvgIpc) is 3.30. The number of para-hydroxylation sites is 2. The molecule has 2 heterocycles. The molecular weight excluding hydrogens is 444 g/mol. The summed E-state index contributed by atoms with van der Waals surface area (Å²) in [6, 6.07) is 22.7. The van der Waals surface area contributed by atoms with E-state index in [0.29, 0.717) is 23.0 Å². The molecular formula is C27H24N4O2S. The Balaban J connectivity index is 1.53. The Bertz CT molecular complexity index is 1520. The Morgan fingerprint density at radius 1 is 0.941 bits per heavy atom. The van der Waals surface area contributed by atoms with Gasteiger partial charge in [-0.15, -0.1) is 11.3 Å². The van der Waals surface area contributed by atoms with Crippen LogP contribution in [0.2, 0.25) is 0 Å². The van der Waals surface area contributed by atoms with Crippen molar-refractivity contribution in [2.24, 2.45) is 0 Å². The Kier molecular flexibility index (Phi) is 6.18. The second kappa shape index (κ2) is 9.57. The van der Waals surface area contributed by atoms with E-state index in [9.17, 15) is 9.59 Å². The summed E-state index contributed by atoms with van der Waals surface area (Å²) in [6.07, 6.45) is 2.87. The predicted molar refractivity (Wildman–Crippen MR) is 139 cm³/mol. The fourth-order valence-electron chi connectivity index (χ4n) is 4.01. The van der Waals surface area contributed by atoms with Crippen LogP contribution >= 0.6 is 11.3 Å². The van der Waals surface area contributed by atoms with Gasteiger partial charge in [0.25, 0.3) is 11.5 Å². The zero-order valence-electron chi connectivity index (χ0n) is 18.8. The minimum Gasteiger partial charge on any atom is -0.320 e. The topological polar surface area (TPSA) is 76.9 Å². The van der Waals surface area contributed by atoms with Crippen molar-refractivity contribution in [3.8, 4) is 10.6 Å². The highest BCUT2D eigenvalue weighted by Gasteiger charge is 2.19. The summed E-state index contributed by atoms with van der Waals surface area (Å²) in [5.74, 6) is -0.353. The van der Waals surface area contributed by atoms with Crippen LogP contribution in [0.1, 0.15) is 36.7 Å². The highest BCUT2D eigenvalue weighted by atomic mass is 32.1. The van der Waals surface area contributed by atoms with Gasteiger partial charge in [-0.2, -0.15) is 5.10 Å². The van der Waals surface area contributed by atoms with E-state index in [1.807, 2.05) is 60.7 Å². The summed E-state index contributed by atoms with van der Waals surface area (Å²) in [7, 11) is 0. The molecule has 0 atom stereocenters. The van der Waals surface area contributed by atoms with Crippen LogP contribution in [0.15, 0.2) is 77.6 Å². The molecule has 0 saturated heterocycles. The lowest BCUT2D eigenvalue weighted by atomic mass is 10.1.